The second-order valence-corrected chi connectivity index (χ2v) is 5.11. The lowest BCUT2D eigenvalue weighted by atomic mass is 10.00. The molecule has 3 rings (SSSR count). The summed E-state index contributed by atoms with van der Waals surface area (Å²) in [5.74, 6) is 0.203. The van der Waals surface area contributed by atoms with E-state index in [4.69, 9.17) is 0 Å². The molecule has 0 saturated carbocycles. The number of benzene rings is 2. The zero-order valence-electron chi connectivity index (χ0n) is 11.5. The van der Waals surface area contributed by atoms with Crippen molar-refractivity contribution in [1.29, 1.82) is 0 Å². The van der Waals surface area contributed by atoms with Crippen LogP contribution in [0, 0.1) is 6.92 Å². The number of carbonyl (C=O) groups is 1. The van der Waals surface area contributed by atoms with E-state index in [1.807, 2.05) is 49.5 Å². The molecule has 1 heterocycles. The van der Waals surface area contributed by atoms with Crippen LogP contribution in [0.5, 0.6) is 0 Å². The lowest BCUT2D eigenvalue weighted by Gasteiger charge is -2.02. The molecule has 1 N–H and O–H groups in total. The lowest BCUT2D eigenvalue weighted by Crippen LogP contribution is -2.00. The minimum absolute atomic E-state index is 0.203. The zero-order chi connectivity index (χ0) is 13.9. The van der Waals surface area contributed by atoms with Crippen LogP contribution in [-0.4, -0.2) is 10.8 Å². The first kappa shape index (κ1) is 12.7. The summed E-state index contributed by atoms with van der Waals surface area (Å²) in [4.78, 5) is 15.6. The average molecular weight is 263 g/mol. The van der Waals surface area contributed by atoms with Gasteiger partial charge in [-0.05, 0) is 30.5 Å². The second kappa shape index (κ2) is 5.33. The van der Waals surface area contributed by atoms with Gasteiger partial charge in [-0.15, -0.1) is 0 Å². The molecule has 0 atom stereocenters. The number of Topliss-reactive ketones (excluding diaryl/α,β-unsaturated/α-hetero) is 1. The minimum atomic E-state index is 0.203. The molecule has 2 nitrogen and oxygen atoms in total. The first-order chi connectivity index (χ1) is 9.75. The maximum Gasteiger partial charge on any atom is 0.165 e. The van der Waals surface area contributed by atoms with Gasteiger partial charge in [-0.1, -0.05) is 42.5 Å². The molecule has 2 aromatic carbocycles. The van der Waals surface area contributed by atoms with Crippen molar-refractivity contribution >= 4 is 16.7 Å². The van der Waals surface area contributed by atoms with Gasteiger partial charge in [-0.2, -0.15) is 0 Å². The van der Waals surface area contributed by atoms with Gasteiger partial charge in [0.25, 0.3) is 0 Å². The Morgan fingerprint density at radius 3 is 2.65 bits per heavy atom. The van der Waals surface area contributed by atoms with Gasteiger partial charge in [-0.3, -0.25) is 4.79 Å². The third kappa shape index (κ3) is 2.37. The van der Waals surface area contributed by atoms with E-state index >= 15 is 0 Å². The molecule has 2 heteroatoms. The quantitative estimate of drug-likeness (QED) is 0.700. The molecule has 0 saturated heterocycles. The fourth-order valence-electron chi connectivity index (χ4n) is 2.62. The molecular formula is C18H17NO. The normalized spacial score (nSPS) is 10.8. The van der Waals surface area contributed by atoms with Crippen LogP contribution in [0.2, 0.25) is 0 Å². The monoisotopic (exact) mass is 263 g/mol. The third-order valence-corrected chi connectivity index (χ3v) is 3.70. The van der Waals surface area contributed by atoms with Crippen molar-refractivity contribution in [3.8, 4) is 0 Å². The van der Waals surface area contributed by atoms with E-state index in [-0.39, 0.29) is 5.78 Å². The number of aromatic nitrogens is 1. The second-order valence-electron chi connectivity index (χ2n) is 5.11. The van der Waals surface area contributed by atoms with Crippen LogP contribution in [-0.2, 0) is 6.42 Å². The zero-order valence-corrected chi connectivity index (χ0v) is 11.5. The van der Waals surface area contributed by atoms with Gasteiger partial charge in [0.15, 0.2) is 5.78 Å². The summed E-state index contributed by atoms with van der Waals surface area (Å²) < 4.78 is 0. The molecule has 0 amide bonds. The largest absolute Gasteiger partial charge is 0.360 e. The Bertz CT molecular complexity index is 740. The number of hydrogen-bond acceptors (Lipinski definition) is 1. The first-order valence-corrected chi connectivity index (χ1v) is 6.89. The molecule has 3 aromatic rings. The van der Waals surface area contributed by atoms with Crippen molar-refractivity contribution < 1.29 is 4.79 Å². The molecule has 0 radical (unpaired) electrons. The Morgan fingerprint density at radius 1 is 1.05 bits per heavy atom. The number of aryl methyl sites for hydroxylation is 2. The molecule has 0 unspecified atom stereocenters. The summed E-state index contributed by atoms with van der Waals surface area (Å²) in [5, 5.41) is 1.06. The van der Waals surface area contributed by atoms with Crippen molar-refractivity contribution in [2.45, 2.75) is 19.8 Å². The molecular weight excluding hydrogens is 246 g/mol. The Balaban J connectivity index is 1.83. The van der Waals surface area contributed by atoms with E-state index in [1.165, 1.54) is 5.56 Å². The Morgan fingerprint density at radius 2 is 1.85 bits per heavy atom. The third-order valence-electron chi connectivity index (χ3n) is 3.70. The minimum Gasteiger partial charge on any atom is -0.360 e. The Hall–Kier alpha value is -2.35. The van der Waals surface area contributed by atoms with Gasteiger partial charge in [0, 0.05) is 29.1 Å². The highest BCUT2D eigenvalue weighted by molar-refractivity contribution is 6.08. The molecule has 0 fully saturated rings. The number of ketones is 1. The van der Waals surface area contributed by atoms with E-state index in [1.54, 1.807) is 0 Å². The predicted octanol–water partition coefficient (Wildman–Crippen LogP) is 4.29. The highest BCUT2D eigenvalue weighted by atomic mass is 16.1. The fourth-order valence-corrected chi connectivity index (χ4v) is 2.62. The Kier molecular flexibility index (Phi) is 3.38. The molecule has 0 aliphatic carbocycles. The van der Waals surface area contributed by atoms with Gasteiger partial charge in [0.1, 0.15) is 0 Å². The van der Waals surface area contributed by atoms with Crippen molar-refractivity contribution in [3.63, 3.8) is 0 Å². The first-order valence-electron chi connectivity index (χ1n) is 6.89. The summed E-state index contributed by atoms with van der Waals surface area (Å²) in [6.45, 7) is 2.05. The van der Waals surface area contributed by atoms with Crippen molar-refractivity contribution in [3.05, 3.63) is 71.4 Å². The molecule has 0 aliphatic heterocycles. The number of fused-ring (bicyclic) bond motifs is 1. The lowest BCUT2D eigenvalue weighted by molar-refractivity contribution is 0.0984. The van der Waals surface area contributed by atoms with Crippen LogP contribution in [0.4, 0.5) is 0 Å². The van der Waals surface area contributed by atoms with E-state index in [0.717, 1.165) is 28.5 Å². The molecule has 0 spiro atoms. The molecule has 100 valence electrons. The number of nitrogens with one attached hydrogen (secondary N) is 1. The van der Waals surface area contributed by atoms with Crippen molar-refractivity contribution in [2.75, 3.05) is 0 Å². The van der Waals surface area contributed by atoms with Crippen LogP contribution < -0.4 is 0 Å². The highest BCUT2D eigenvalue weighted by Gasteiger charge is 2.13. The fraction of sp³-hybridized carbons (Fsp3) is 0.167. The number of carbonyl (C=O) groups excluding carboxylic acids is 1. The molecule has 0 aliphatic rings. The van der Waals surface area contributed by atoms with Crippen molar-refractivity contribution in [2.24, 2.45) is 0 Å². The van der Waals surface area contributed by atoms with Crippen LogP contribution in [0.1, 0.15) is 27.9 Å². The molecule has 20 heavy (non-hydrogen) atoms. The summed E-state index contributed by atoms with van der Waals surface area (Å²) in [5.41, 5.74) is 4.20. The van der Waals surface area contributed by atoms with E-state index in [2.05, 4.69) is 17.1 Å². The van der Waals surface area contributed by atoms with Gasteiger partial charge < -0.3 is 4.98 Å². The van der Waals surface area contributed by atoms with Crippen LogP contribution >= 0.6 is 0 Å². The predicted molar refractivity (Wildman–Crippen MR) is 82.1 cm³/mol. The average Bonchev–Trinajstić information content (AvgIpc) is 2.91. The van der Waals surface area contributed by atoms with E-state index in [9.17, 15) is 4.79 Å². The van der Waals surface area contributed by atoms with Gasteiger partial charge in [0.2, 0.25) is 0 Å². The van der Waals surface area contributed by atoms with E-state index in [0.29, 0.717) is 6.42 Å². The van der Waals surface area contributed by atoms with Gasteiger partial charge in [-0.25, -0.2) is 0 Å². The molecule has 0 bridgehead atoms. The summed E-state index contributed by atoms with van der Waals surface area (Å²) in [6, 6.07) is 16.2. The number of aromatic amines is 1. The van der Waals surface area contributed by atoms with Gasteiger partial charge >= 0.3 is 0 Å². The SMILES string of the molecule is Cc1cccc2[nH]cc(C(=O)CCc3ccccc3)c12. The number of H-pyrrole nitrogens is 1. The van der Waals surface area contributed by atoms with Crippen LogP contribution in [0.15, 0.2) is 54.7 Å². The van der Waals surface area contributed by atoms with Gasteiger partial charge in [0.05, 0.1) is 0 Å². The van der Waals surface area contributed by atoms with Crippen LogP contribution in [0.3, 0.4) is 0 Å². The summed E-state index contributed by atoms with van der Waals surface area (Å²) in [6.07, 6.45) is 3.18. The topological polar surface area (TPSA) is 32.9 Å². The maximum atomic E-state index is 12.4. The summed E-state index contributed by atoms with van der Waals surface area (Å²) in [7, 11) is 0. The number of hydrogen-bond donors (Lipinski definition) is 1. The highest BCUT2D eigenvalue weighted by Crippen LogP contribution is 2.23. The maximum absolute atomic E-state index is 12.4. The molecule has 1 aromatic heterocycles. The van der Waals surface area contributed by atoms with Crippen LogP contribution in [0.25, 0.3) is 10.9 Å². The number of rotatable bonds is 4. The standard InChI is InChI=1S/C18H17NO/c1-13-6-5-9-16-18(13)15(12-19-16)17(20)11-10-14-7-3-2-4-8-14/h2-9,12,19H,10-11H2,1H3. The van der Waals surface area contributed by atoms with E-state index < -0.39 is 0 Å². The summed E-state index contributed by atoms with van der Waals surface area (Å²) >= 11 is 0. The Labute approximate surface area is 118 Å². The smallest absolute Gasteiger partial charge is 0.165 e. The van der Waals surface area contributed by atoms with Crippen molar-refractivity contribution in [1.82, 2.24) is 4.98 Å².